The Balaban J connectivity index is 1.46. The summed E-state index contributed by atoms with van der Waals surface area (Å²) in [6, 6.07) is 20.1. The second-order valence-corrected chi connectivity index (χ2v) is 9.34. The minimum absolute atomic E-state index is 0.116. The van der Waals surface area contributed by atoms with E-state index >= 15 is 0 Å². The zero-order valence-corrected chi connectivity index (χ0v) is 22.3. The van der Waals surface area contributed by atoms with Gasteiger partial charge in [0.1, 0.15) is 0 Å². The Morgan fingerprint density at radius 2 is 1.82 bits per heavy atom. The highest BCUT2D eigenvalue weighted by Crippen LogP contribution is 2.33. The molecule has 38 heavy (non-hydrogen) atoms. The van der Waals surface area contributed by atoms with Gasteiger partial charge >= 0.3 is 0 Å². The third kappa shape index (κ3) is 5.46. The van der Waals surface area contributed by atoms with Crippen molar-refractivity contribution < 1.29 is 19.0 Å². The quantitative estimate of drug-likeness (QED) is 0.309. The zero-order valence-electron chi connectivity index (χ0n) is 20.7. The van der Waals surface area contributed by atoms with Crippen molar-refractivity contribution in [1.29, 1.82) is 0 Å². The zero-order chi connectivity index (χ0) is 26.5. The van der Waals surface area contributed by atoms with Crippen LogP contribution in [0.25, 0.3) is 22.3 Å². The van der Waals surface area contributed by atoms with E-state index in [2.05, 4.69) is 21.0 Å². The lowest BCUT2D eigenvalue weighted by Gasteiger charge is -2.26. The van der Waals surface area contributed by atoms with E-state index in [0.29, 0.717) is 64.6 Å². The summed E-state index contributed by atoms with van der Waals surface area (Å²) in [6.07, 6.45) is 1.56. The lowest BCUT2D eigenvalue weighted by atomic mass is 10.2. The van der Waals surface area contributed by atoms with E-state index in [-0.39, 0.29) is 18.1 Å². The van der Waals surface area contributed by atoms with E-state index in [1.54, 1.807) is 41.4 Å². The molecule has 194 valence electrons. The summed E-state index contributed by atoms with van der Waals surface area (Å²) in [5.41, 5.74) is 1.72. The first-order valence-corrected chi connectivity index (χ1v) is 12.8. The number of ether oxygens (including phenoxy) is 3. The number of para-hydroxylation sites is 1. The van der Waals surface area contributed by atoms with Gasteiger partial charge in [-0.2, -0.15) is 9.78 Å². The fourth-order valence-corrected chi connectivity index (χ4v) is 4.52. The van der Waals surface area contributed by atoms with E-state index in [4.69, 9.17) is 19.2 Å². The van der Waals surface area contributed by atoms with Crippen molar-refractivity contribution in [2.75, 3.05) is 40.0 Å². The van der Waals surface area contributed by atoms with Crippen LogP contribution in [-0.2, 0) is 9.53 Å². The number of carbonyl (C=O) groups excluding carboxylic acids is 1. The van der Waals surface area contributed by atoms with Crippen LogP contribution in [0.1, 0.15) is 5.56 Å². The van der Waals surface area contributed by atoms with Gasteiger partial charge in [-0.3, -0.25) is 9.59 Å². The highest BCUT2D eigenvalue weighted by Gasteiger charge is 2.19. The van der Waals surface area contributed by atoms with Crippen LogP contribution >= 0.6 is 15.9 Å². The molecule has 0 N–H and O–H groups in total. The molecule has 2 heterocycles. The average molecular weight is 577 g/mol. The number of amides is 1. The molecule has 0 saturated carbocycles. The first kappa shape index (κ1) is 25.6. The van der Waals surface area contributed by atoms with E-state index < -0.39 is 0 Å². The predicted octanol–water partition coefficient (Wildman–Crippen LogP) is 3.95. The number of benzene rings is 3. The number of carbonyl (C=O) groups is 1. The van der Waals surface area contributed by atoms with Crippen molar-refractivity contribution in [3.8, 4) is 22.9 Å². The van der Waals surface area contributed by atoms with Crippen LogP contribution in [0.15, 0.2) is 81.1 Å². The fraction of sp³-hybridized carbons (Fsp3) is 0.214. The molecule has 1 amide bonds. The number of fused-ring (bicyclic) bond motifs is 1. The van der Waals surface area contributed by atoms with Gasteiger partial charge in [-0.25, -0.2) is 4.98 Å². The largest absolute Gasteiger partial charge is 0.493 e. The highest BCUT2D eigenvalue weighted by molar-refractivity contribution is 9.10. The lowest BCUT2D eigenvalue weighted by molar-refractivity contribution is -0.137. The molecule has 0 atom stereocenters. The van der Waals surface area contributed by atoms with Crippen molar-refractivity contribution in [2.24, 2.45) is 5.10 Å². The molecule has 10 heteroatoms. The molecule has 0 bridgehead atoms. The Morgan fingerprint density at radius 1 is 1.08 bits per heavy atom. The molecule has 1 saturated heterocycles. The predicted molar refractivity (Wildman–Crippen MR) is 148 cm³/mol. The Bertz CT molecular complexity index is 1550. The van der Waals surface area contributed by atoms with Crippen molar-refractivity contribution in [2.45, 2.75) is 0 Å². The molecule has 0 unspecified atom stereocenters. The minimum atomic E-state index is -0.282. The molecule has 9 nitrogen and oxygen atoms in total. The number of hydrogen-bond acceptors (Lipinski definition) is 7. The molecule has 1 aliphatic heterocycles. The Hall–Kier alpha value is -4.02. The highest BCUT2D eigenvalue weighted by atomic mass is 79.9. The van der Waals surface area contributed by atoms with Crippen LogP contribution in [0.3, 0.4) is 0 Å². The van der Waals surface area contributed by atoms with Crippen LogP contribution in [0.5, 0.6) is 11.5 Å². The summed E-state index contributed by atoms with van der Waals surface area (Å²) in [5, 5.41) is 4.99. The average Bonchev–Trinajstić information content (AvgIpc) is 2.97. The number of halogens is 1. The van der Waals surface area contributed by atoms with E-state index in [1.165, 1.54) is 11.8 Å². The van der Waals surface area contributed by atoms with Gasteiger partial charge in [-0.05, 0) is 40.2 Å². The molecule has 4 aromatic rings. The van der Waals surface area contributed by atoms with E-state index in [9.17, 15) is 9.59 Å². The van der Waals surface area contributed by atoms with Crippen molar-refractivity contribution in [3.63, 3.8) is 0 Å². The number of aromatic nitrogens is 2. The van der Waals surface area contributed by atoms with Gasteiger partial charge in [0.25, 0.3) is 11.5 Å². The van der Waals surface area contributed by atoms with Crippen molar-refractivity contribution >= 4 is 39.0 Å². The first-order chi connectivity index (χ1) is 18.5. The molecule has 0 aliphatic carbocycles. The van der Waals surface area contributed by atoms with Crippen molar-refractivity contribution in [1.82, 2.24) is 14.6 Å². The van der Waals surface area contributed by atoms with Crippen molar-refractivity contribution in [3.05, 3.63) is 87.1 Å². The Labute approximate surface area is 227 Å². The topological polar surface area (TPSA) is 95.2 Å². The maximum atomic E-state index is 13.4. The molecule has 3 aromatic carbocycles. The van der Waals surface area contributed by atoms with Gasteiger partial charge in [-0.15, -0.1) is 0 Å². The van der Waals surface area contributed by atoms with E-state index in [1.807, 2.05) is 36.4 Å². The molecule has 1 aromatic heterocycles. The third-order valence-corrected chi connectivity index (χ3v) is 6.78. The summed E-state index contributed by atoms with van der Waals surface area (Å²) in [4.78, 5) is 32.3. The molecule has 0 spiro atoms. The number of morpholine rings is 1. The van der Waals surface area contributed by atoms with Gasteiger partial charge in [0.2, 0.25) is 0 Å². The molecule has 0 radical (unpaired) electrons. The molecule has 5 rings (SSSR count). The second-order valence-electron chi connectivity index (χ2n) is 8.49. The standard InChI is InChI=1S/C28H25BrN4O5/c1-36-24-15-20(22(29)16-25(24)38-18-26(34)32-11-13-37-14-12-32)17-30-33-27(19-7-3-2-4-8-19)31-23-10-6-5-9-21(23)28(33)35/h2-10,15-17H,11-14,18H2,1H3. The second kappa shape index (κ2) is 11.6. The summed E-state index contributed by atoms with van der Waals surface area (Å²) in [6.45, 7) is 2.03. The van der Waals surface area contributed by atoms with Crippen LogP contribution in [0.2, 0.25) is 0 Å². The summed E-state index contributed by atoms with van der Waals surface area (Å²) in [7, 11) is 1.52. The maximum absolute atomic E-state index is 13.4. The Morgan fingerprint density at radius 3 is 2.58 bits per heavy atom. The summed E-state index contributed by atoms with van der Waals surface area (Å²) in [5.74, 6) is 1.15. The lowest BCUT2D eigenvalue weighted by Crippen LogP contribution is -2.43. The molecule has 1 aliphatic rings. The van der Waals surface area contributed by atoms with Crippen LogP contribution in [0.4, 0.5) is 0 Å². The third-order valence-electron chi connectivity index (χ3n) is 6.10. The van der Waals surface area contributed by atoms with Gasteiger partial charge in [-0.1, -0.05) is 42.5 Å². The minimum Gasteiger partial charge on any atom is -0.493 e. The van der Waals surface area contributed by atoms with Crippen LogP contribution in [-0.4, -0.2) is 66.7 Å². The van der Waals surface area contributed by atoms with Gasteiger partial charge < -0.3 is 19.1 Å². The number of nitrogens with zero attached hydrogens (tertiary/aromatic N) is 4. The van der Waals surface area contributed by atoms with Crippen LogP contribution < -0.4 is 15.0 Å². The number of hydrogen-bond donors (Lipinski definition) is 0. The smallest absolute Gasteiger partial charge is 0.282 e. The van der Waals surface area contributed by atoms with Gasteiger partial charge in [0, 0.05) is 28.7 Å². The molecular formula is C28H25BrN4O5. The maximum Gasteiger partial charge on any atom is 0.282 e. The van der Waals surface area contributed by atoms with Crippen LogP contribution in [0, 0.1) is 0 Å². The first-order valence-electron chi connectivity index (χ1n) is 12.0. The summed E-state index contributed by atoms with van der Waals surface area (Å²) < 4.78 is 18.5. The fourth-order valence-electron chi connectivity index (χ4n) is 4.09. The number of rotatable bonds is 7. The van der Waals surface area contributed by atoms with Gasteiger partial charge in [0.15, 0.2) is 23.9 Å². The summed E-state index contributed by atoms with van der Waals surface area (Å²) >= 11 is 3.55. The Kier molecular flexibility index (Phi) is 7.81. The monoisotopic (exact) mass is 576 g/mol. The molecule has 1 fully saturated rings. The van der Waals surface area contributed by atoms with Gasteiger partial charge in [0.05, 0.1) is 37.4 Å². The SMILES string of the molecule is COc1cc(C=Nn2c(-c3ccccc3)nc3ccccc3c2=O)c(Br)cc1OCC(=O)N1CCOCC1. The normalized spacial score (nSPS) is 13.7. The van der Waals surface area contributed by atoms with E-state index in [0.717, 1.165) is 5.56 Å². The molecular weight excluding hydrogens is 552 g/mol. The number of methoxy groups -OCH3 is 1.